The first kappa shape index (κ1) is 15.5. The van der Waals surface area contributed by atoms with Crippen molar-refractivity contribution in [2.24, 2.45) is 5.73 Å². The molecule has 0 radical (unpaired) electrons. The number of nitrogens with one attached hydrogen (secondary N) is 1. The molecule has 0 aromatic heterocycles. The smallest absolute Gasteiger partial charge is 0.248 e. The molecule has 0 heterocycles. The second kappa shape index (κ2) is 7.22. The molecule has 21 heavy (non-hydrogen) atoms. The van der Waals surface area contributed by atoms with Crippen LogP contribution in [0.3, 0.4) is 0 Å². The van der Waals surface area contributed by atoms with Gasteiger partial charge in [0.25, 0.3) is 0 Å². The van der Waals surface area contributed by atoms with Gasteiger partial charge < -0.3 is 16.2 Å². The molecule has 2 aromatic carbocycles. The Kier molecular flexibility index (Phi) is 5.33. The van der Waals surface area contributed by atoms with Crippen LogP contribution in [0.25, 0.3) is 0 Å². The second-order valence-corrected chi connectivity index (χ2v) is 5.20. The Morgan fingerprint density at radius 3 is 2.62 bits per heavy atom. The lowest BCUT2D eigenvalue weighted by Gasteiger charge is -2.12. The van der Waals surface area contributed by atoms with Gasteiger partial charge >= 0.3 is 0 Å². The summed E-state index contributed by atoms with van der Waals surface area (Å²) in [6, 6.07) is 14.2. The van der Waals surface area contributed by atoms with Crippen LogP contribution in [0.2, 0.25) is 5.02 Å². The van der Waals surface area contributed by atoms with E-state index in [1.807, 2.05) is 6.07 Å². The number of aliphatic hydroxyl groups excluding tert-OH is 1. The summed E-state index contributed by atoms with van der Waals surface area (Å²) in [5, 5.41) is 13.8. The molecular weight excluding hydrogens is 288 g/mol. The van der Waals surface area contributed by atoms with E-state index in [4.69, 9.17) is 17.3 Å². The number of rotatable bonds is 6. The van der Waals surface area contributed by atoms with Crippen molar-refractivity contribution in [3.05, 3.63) is 70.2 Å². The summed E-state index contributed by atoms with van der Waals surface area (Å²) >= 11 is 5.81. The van der Waals surface area contributed by atoms with Gasteiger partial charge in [-0.2, -0.15) is 0 Å². The van der Waals surface area contributed by atoms with Gasteiger partial charge in [-0.1, -0.05) is 35.9 Å². The van der Waals surface area contributed by atoms with Crippen LogP contribution in [0.5, 0.6) is 0 Å². The molecule has 0 saturated carbocycles. The largest absolute Gasteiger partial charge is 0.387 e. The Labute approximate surface area is 128 Å². The van der Waals surface area contributed by atoms with Gasteiger partial charge in [0.2, 0.25) is 5.91 Å². The third-order valence-corrected chi connectivity index (χ3v) is 3.39. The van der Waals surface area contributed by atoms with Crippen molar-refractivity contribution in [2.45, 2.75) is 12.6 Å². The quantitative estimate of drug-likeness (QED) is 0.766. The van der Waals surface area contributed by atoms with Crippen LogP contribution >= 0.6 is 11.6 Å². The predicted molar refractivity (Wildman–Crippen MR) is 83.1 cm³/mol. The Morgan fingerprint density at radius 2 is 1.95 bits per heavy atom. The van der Waals surface area contributed by atoms with Crippen LogP contribution in [-0.2, 0) is 6.54 Å². The molecule has 0 bridgehead atoms. The minimum Gasteiger partial charge on any atom is -0.387 e. The number of nitrogens with two attached hydrogens (primary N) is 1. The van der Waals surface area contributed by atoms with Gasteiger partial charge in [0.15, 0.2) is 0 Å². The summed E-state index contributed by atoms with van der Waals surface area (Å²) in [7, 11) is 0. The maximum atomic E-state index is 11.1. The molecule has 0 spiro atoms. The first-order valence-electron chi connectivity index (χ1n) is 6.59. The average Bonchev–Trinajstić information content (AvgIpc) is 2.48. The maximum absolute atomic E-state index is 11.1. The highest BCUT2D eigenvalue weighted by atomic mass is 35.5. The van der Waals surface area contributed by atoms with Gasteiger partial charge in [-0.25, -0.2) is 0 Å². The summed E-state index contributed by atoms with van der Waals surface area (Å²) in [5.41, 5.74) is 7.46. The number of carbonyl (C=O) groups is 1. The molecule has 1 amide bonds. The molecule has 4 nitrogen and oxygen atoms in total. The lowest BCUT2D eigenvalue weighted by molar-refractivity contribution is 0.1000. The molecule has 0 fully saturated rings. The van der Waals surface area contributed by atoms with Gasteiger partial charge in [0, 0.05) is 23.7 Å². The lowest BCUT2D eigenvalue weighted by atomic mass is 10.1. The summed E-state index contributed by atoms with van der Waals surface area (Å²) < 4.78 is 0. The fourth-order valence-corrected chi connectivity index (χ4v) is 2.12. The van der Waals surface area contributed by atoms with Crippen molar-refractivity contribution in [1.82, 2.24) is 5.32 Å². The van der Waals surface area contributed by atoms with Crippen LogP contribution in [-0.4, -0.2) is 17.6 Å². The number of benzene rings is 2. The van der Waals surface area contributed by atoms with Crippen LogP contribution in [0.15, 0.2) is 48.5 Å². The number of aliphatic hydroxyl groups is 1. The predicted octanol–water partition coefficient (Wildman–Crippen LogP) is 2.26. The molecule has 2 aromatic rings. The minimum atomic E-state index is -0.610. The molecule has 5 heteroatoms. The van der Waals surface area contributed by atoms with Gasteiger partial charge in [-0.15, -0.1) is 0 Å². The Morgan fingerprint density at radius 1 is 1.24 bits per heavy atom. The number of carbonyl (C=O) groups excluding carboxylic acids is 1. The zero-order chi connectivity index (χ0) is 15.2. The third kappa shape index (κ3) is 4.56. The minimum absolute atomic E-state index is 0.405. The summed E-state index contributed by atoms with van der Waals surface area (Å²) in [6.07, 6.45) is -0.610. The first-order valence-corrected chi connectivity index (χ1v) is 6.97. The maximum Gasteiger partial charge on any atom is 0.248 e. The van der Waals surface area contributed by atoms with Crippen LogP contribution < -0.4 is 11.1 Å². The number of hydrogen-bond donors (Lipinski definition) is 3. The van der Waals surface area contributed by atoms with E-state index in [2.05, 4.69) is 5.32 Å². The summed E-state index contributed by atoms with van der Waals surface area (Å²) in [6.45, 7) is 0.953. The van der Waals surface area contributed by atoms with E-state index in [-0.39, 0.29) is 0 Å². The fourth-order valence-electron chi connectivity index (χ4n) is 1.99. The monoisotopic (exact) mass is 304 g/mol. The third-order valence-electron chi connectivity index (χ3n) is 3.13. The highest BCUT2D eigenvalue weighted by molar-refractivity contribution is 6.30. The SMILES string of the molecule is NC(=O)c1cccc(CNCC(O)c2ccc(Cl)cc2)c1. The van der Waals surface area contributed by atoms with Crippen molar-refractivity contribution in [3.63, 3.8) is 0 Å². The molecule has 4 N–H and O–H groups in total. The van der Waals surface area contributed by atoms with Crippen molar-refractivity contribution >= 4 is 17.5 Å². The van der Waals surface area contributed by atoms with E-state index in [1.165, 1.54) is 0 Å². The number of amides is 1. The van der Waals surface area contributed by atoms with Crippen LogP contribution in [0.4, 0.5) is 0 Å². The zero-order valence-corrected chi connectivity index (χ0v) is 12.2. The molecule has 0 aliphatic heterocycles. The van der Waals surface area contributed by atoms with E-state index < -0.39 is 12.0 Å². The molecule has 110 valence electrons. The Bertz CT molecular complexity index is 614. The average molecular weight is 305 g/mol. The molecule has 2 rings (SSSR count). The molecular formula is C16H17ClN2O2. The summed E-state index contributed by atoms with van der Waals surface area (Å²) in [4.78, 5) is 11.1. The molecule has 0 aliphatic rings. The highest BCUT2D eigenvalue weighted by Gasteiger charge is 2.07. The van der Waals surface area contributed by atoms with Gasteiger partial charge in [-0.3, -0.25) is 4.79 Å². The fraction of sp³-hybridized carbons (Fsp3) is 0.188. The molecule has 1 unspecified atom stereocenters. The molecule has 0 aliphatic carbocycles. The van der Waals surface area contributed by atoms with E-state index >= 15 is 0 Å². The standard InChI is InChI=1S/C16H17ClN2O2/c17-14-6-4-12(5-7-14)15(20)10-19-9-11-2-1-3-13(8-11)16(18)21/h1-8,15,19-20H,9-10H2,(H2,18,21). The van der Waals surface area contributed by atoms with E-state index in [0.29, 0.717) is 23.7 Å². The topological polar surface area (TPSA) is 75.4 Å². The highest BCUT2D eigenvalue weighted by Crippen LogP contribution is 2.16. The van der Waals surface area contributed by atoms with E-state index in [9.17, 15) is 9.90 Å². The number of halogens is 1. The van der Waals surface area contributed by atoms with Crippen molar-refractivity contribution in [1.29, 1.82) is 0 Å². The van der Waals surface area contributed by atoms with Crippen LogP contribution in [0, 0.1) is 0 Å². The van der Waals surface area contributed by atoms with Gasteiger partial charge in [-0.05, 0) is 35.4 Å². The summed E-state index contributed by atoms with van der Waals surface area (Å²) in [5.74, 6) is -0.446. The van der Waals surface area contributed by atoms with E-state index in [0.717, 1.165) is 11.1 Å². The van der Waals surface area contributed by atoms with Crippen molar-refractivity contribution in [3.8, 4) is 0 Å². The normalized spacial score (nSPS) is 12.1. The van der Waals surface area contributed by atoms with E-state index in [1.54, 1.807) is 42.5 Å². The lowest BCUT2D eigenvalue weighted by Crippen LogP contribution is -2.21. The van der Waals surface area contributed by atoms with Crippen molar-refractivity contribution in [2.75, 3.05) is 6.54 Å². The molecule has 1 atom stereocenters. The van der Waals surface area contributed by atoms with Gasteiger partial charge in [0.1, 0.15) is 0 Å². The number of primary amides is 1. The zero-order valence-electron chi connectivity index (χ0n) is 11.4. The van der Waals surface area contributed by atoms with Crippen LogP contribution in [0.1, 0.15) is 27.6 Å². The Balaban J connectivity index is 1.87. The Hall–Kier alpha value is -1.88. The first-order chi connectivity index (χ1) is 10.1. The second-order valence-electron chi connectivity index (χ2n) is 4.76. The molecule has 0 saturated heterocycles. The van der Waals surface area contributed by atoms with Gasteiger partial charge in [0.05, 0.1) is 6.10 Å². The number of hydrogen-bond acceptors (Lipinski definition) is 3. The van der Waals surface area contributed by atoms with Crippen molar-refractivity contribution < 1.29 is 9.90 Å².